The summed E-state index contributed by atoms with van der Waals surface area (Å²) in [6.45, 7) is 0.412. The highest BCUT2D eigenvalue weighted by molar-refractivity contribution is 5.74. The summed E-state index contributed by atoms with van der Waals surface area (Å²) < 4.78 is 4.86. The van der Waals surface area contributed by atoms with E-state index in [-0.39, 0.29) is 0 Å². The fraction of sp³-hybridized carbons (Fsp3) is 0.962. The second-order valence-corrected chi connectivity index (χ2v) is 9.30. The Balaban J connectivity index is 0. The van der Waals surface area contributed by atoms with Crippen LogP contribution in [-0.4, -0.2) is 82.4 Å². The summed E-state index contributed by atoms with van der Waals surface area (Å²) in [5.74, 6) is -0.719. The number of aliphatic hydroxyl groups excluding tert-OH is 6. The molecule has 1 atom stereocenters. The zero-order valence-corrected chi connectivity index (χ0v) is 21.6. The highest BCUT2D eigenvalue weighted by Gasteiger charge is 2.26. The molecule has 0 aliphatic carbocycles. The molecule has 1 unspecified atom stereocenters. The fourth-order valence-electron chi connectivity index (χ4n) is 3.29. The summed E-state index contributed by atoms with van der Waals surface area (Å²) in [6, 6.07) is 0. The van der Waals surface area contributed by atoms with Crippen LogP contribution in [0.2, 0.25) is 0 Å². The van der Waals surface area contributed by atoms with Gasteiger partial charge in [0.05, 0.1) is 45.1 Å². The monoisotopic (exact) mass is 494 g/mol. The van der Waals surface area contributed by atoms with Crippen molar-refractivity contribution in [2.75, 3.05) is 39.6 Å². The number of hydrogen-bond donors (Lipinski definition) is 6. The molecule has 0 aliphatic rings. The Kier molecular flexibility index (Phi) is 27.9. The Morgan fingerprint density at radius 2 is 0.941 bits per heavy atom. The van der Waals surface area contributed by atoms with E-state index < -0.39 is 50.5 Å². The van der Waals surface area contributed by atoms with Crippen molar-refractivity contribution >= 4 is 5.97 Å². The van der Waals surface area contributed by atoms with Gasteiger partial charge in [-0.1, -0.05) is 103 Å². The van der Waals surface area contributed by atoms with Crippen LogP contribution in [-0.2, 0) is 9.53 Å². The topological polar surface area (TPSA) is 148 Å². The smallest absolute Gasteiger partial charge is 0.337 e. The van der Waals surface area contributed by atoms with Gasteiger partial charge in [0.15, 0.2) is 6.10 Å². The van der Waals surface area contributed by atoms with Gasteiger partial charge in [-0.15, -0.1) is 0 Å². The predicted molar refractivity (Wildman–Crippen MR) is 134 cm³/mol. The maximum absolute atomic E-state index is 11.1. The van der Waals surface area contributed by atoms with Gasteiger partial charge in [0.1, 0.15) is 0 Å². The minimum absolute atomic E-state index is 0.342. The van der Waals surface area contributed by atoms with Gasteiger partial charge in [0.2, 0.25) is 0 Å². The number of carbonyl (C=O) groups is 1. The van der Waals surface area contributed by atoms with Crippen molar-refractivity contribution in [2.24, 2.45) is 5.41 Å². The second kappa shape index (κ2) is 26.8. The Labute approximate surface area is 207 Å². The summed E-state index contributed by atoms with van der Waals surface area (Å²) in [4.78, 5) is 11.1. The van der Waals surface area contributed by atoms with Gasteiger partial charge in [-0.05, 0) is 6.42 Å². The van der Waals surface area contributed by atoms with E-state index in [4.69, 9.17) is 35.4 Å². The number of rotatable bonds is 23. The minimum atomic E-state index is -1.39. The van der Waals surface area contributed by atoms with E-state index in [0.29, 0.717) is 6.61 Å². The van der Waals surface area contributed by atoms with Crippen LogP contribution in [0.1, 0.15) is 110 Å². The van der Waals surface area contributed by atoms with Gasteiger partial charge >= 0.3 is 5.97 Å². The van der Waals surface area contributed by atoms with Crippen molar-refractivity contribution < 1.29 is 40.2 Å². The molecule has 6 N–H and O–H groups in total. The van der Waals surface area contributed by atoms with E-state index in [1.165, 1.54) is 89.9 Å². The van der Waals surface area contributed by atoms with Gasteiger partial charge in [-0.25, -0.2) is 4.79 Å². The lowest BCUT2D eigenvalue weighted by molar-refractivity contribution is -0.155. The van der Waals surface area contributed by atoms with Crippen molar-refractivity contribution in [3.05, 3.63) is 0 Å². The SMILES string of the molecule is CCCCCCCCCCCCCCCCCCOC(=O)C(O)CO.OCC(CO)(CO)CO. The zero-order valence-electron chi connectivity index (χ0n) is 21.6. The number of ether oxygens (including phenoxy) is 1. The van der Waals surface area contributed by atoms with Gasteiger partial charge in [-0.3, -0.25) is 0 Å². The molecule has 0 saturated carbocycles. The lowest BCUT2D eigenvalue weighted by atomic mass is 9.93. The van der Waals surface area contributed by atoms with Crippen LogP contribution >= 0.6 is 0 Å². The van der Waals surface area contributed by atoms with Crippen LogP contribution in [0, 0.1) is 5.41 Å². The van der Waals surface area contributed by atoms with E-state index in [2.05, 4.69) is 6.92 Å². The Bertz CT molecular complexity index is 398. The number of hydrogen-bond acceptors (Lipinski definition) is 8. The third kappa shape index (κ3) is 21.7. The Hall–Kier alpha value is -0.770. The minimum Gasteiger partial charge on any atom is -0.464 e. The average molecular weight is 495 g/mol. The molecule has 0 saturated heterocycles. The van der Waals surface area contributed by atoms with E-state index in [0.717, 1.165) is 12.8 Å². The van der Waals surface area contributed by atoms with E-state index in [1.54, 1.807) is 0 Å². The van der Waals surface area contributed by atoms with Crippen LogP contribution in [0.5, 0.6) is 0 Å². The van der Waals surface area contributed by atoms with Gasteiger partial charge in [0.25, 0.3) is 0 Å². The summed E-state index contributed by atoms with van der Waals surface area (Å²) in [5.41, 5.74) is -1.11. The molecule has 0 spiro atoms. The van der Waals surface area contributed by atoms with Crippen LogP contribution < -0.4 is 0 Å². The summed E-state index contributed by atoms with van der Waals surface area (Å²) in [6.07, 6.45) is 19.6. The van der Waals surface area contributed by atoms with E-state index in [9.17, 15) is 4.79 Å². The largest absolute Gasteiger partial charge is 0.464 e. The highest BCUT2D eigenvalue weighted by Crippen LogP contribution is 2.14. The quantitative estimate of drug-likeness (QED) is 0.0938. The number of esters is 1. The first-order valence-corrected chi connectivity index (χ1v) is 13.4. The first-order valence-electron chi connectivity index (χ1n) is 13.4. The number of unbranched alkanes of at least 4 members (excludes halogenated alkanes) is 15. The molecule has 8 nitrogen and oxygen atoms in total. The Morgan fingerprint density at radius 3 is 1.21 bits per heavy atom. The summed E-state index contributed by atoms with van der Waals surface area (Å²) in [7, 11) is 0. The molecular weight excluding hydrogens is 440 g/mol. The maximum Gasteiger partial charge on any atom is 0.337 e. The van der Waals surface area contributed by atoms with Crippen LogP contribution in [0.25, 0.3) is 0 Å². The van der Waals surface area contributed by atoms with Crippen LogP contribution in [0.15, 0.2) is 0 Å². The highest BCUT2D eigenvalue weighted by atomic mass is 16.5. The second-order valence-electron chi connectivity index (χ2n) is 9.30. The summed E-state index contributed by atoms with van der Waals surface area (Å²) >= 11 is 0. The zero-order chi connectivity index (χ0) is 25.9. The van der Waals surface area contributed by atoms with Crippen molar-refractivity contribution in [3.8, 4) is 0 Å². The predicted octanol–water partition coefficient (Wildman–Crippen LogP) is 3.09. The molecule has 0 amide bonds. The molecule has 8 heteroatoms. The van der Waals surface area contributed by atoms with Crippen molar-refractivity contribution in [3.63, 3.8) is 0 Å². The standard InChI is InChI=1S/C21H42O4.C5H12O4/c1-2-3-4-5-6-7-8-9-10-11-12-13-14-15-16-17-18-25-21(24)20(23)19-22;6-1-5(2-7,3-8)4-9/h20,22-23H,2-19H2,1H3;6-9H,1-4H2. The first-order chi connectivity index (χ1) is 16.5. The van der Waals surface area contributed by atoms with E-state index >= 15 is 0 Å². The molecule has 0 radical (unpaired) electrons. The van der Waals surface area contributed by atoms with E-state index in [1.807, 2.05) is 0 Å². The number of carbonyl (C=O) groups excluding carboxylic acids is 1. The normalized spacial score (nSPS) is 12.2. The molecule has 206 valence electrons. The van der Waals surface area contributed by atoms with Crippen LogP contribution in [0.3, 0.4) is 0 Å². The van der Waals surface area contributed by atoms with Crippen molar-refractivity contribution in [1.29, 1.82) is 0 Å². The maximum atomic E-state index is 11.1. The van der Waals surface area contributed by atoms with Gasteiger partial charge < -0.3 is 35.4 Å². The van der Waals surface area contributed by atoms with Crippen molar-refractivity contribution in [2.45, 2.75) is 116 Å². The number of aliphatic hydroxyl groups is 6. The molecule has 0 aliphatic heterocycles. The third-order valence-electron chi connectivity index (χ3n) is 6.03. The molecule has 0 fully saturated rings. The average Bonchev–Trinajstić information content (AvgIpc) is 2.87. The Morgan fingerprint density at radius 1 is 0.618 bits per heavy atom. The van der Waals surface area contributed by atoms with Gasteiger partial charge in [0, 0.05) is 0 Å². The molecule has 0 aromatic heterocycles. The lowest BCUT2D eigenvalue weighted by Gasteiger charge is -2.23. The third-order valence-corrected chi connectivity index (χ3v) is 6.03. The van der Waals surface area contributed by atoms with Crippen molar-refractivity contribution in [1.82, 2.24) is 0 Å². The molecule has 0 aromatic carbocycles. The van der Waals surface area contributed by atoms with Crippen LogP contribution in [0.4, 0.5) is 0 Å². The first kappa shape index (κ1) is 35.4. The molecule has 34 heavy (non-hydrogen) atoms. The lowest BCUT2D eigenvalue weighted by Crippen LogP contribution is -2.37. The van der Waals surface area contributed by atoms with Gasteiger partial charge in [-0.2, -0.15) is 0 Å². The molecule has 0 rings (SSSR count). The molecule has 0 heterocycles. The fourth-order valence-corrected chi connectivity index (χ4v) is 3.29. The molecule has 0 aromatic rings. The molecular formula is C26H54O8. The molecule has 0 bridgehead atoms. The summed E-state index contributed by atoms with van der Waals surface area (Å²) in [5, 5.41) is 51.6.